The van der Waals surface area contributed by atoms with Crippen LogP contribution >= 0.6 is 11.8 Å². The molecular formula is C26H17N5O2S. The Morgan fingerprint density at radius 2 is 1.76 bits per heavy atom. The minimum Gasteiger partial charge on any atom is -0.348 e. The van der Waals surface area contributed by atoms with E-state index in [2.05, 4.69) is 26.7 Å². The van der Waals surface area contributed by atoms with Crippen molar-refractivity contribution in [2.45, 2.75) is 16.3 Å². The predicted octanol–water partition coefficient (Wildman–Crippen LogP) is 4.66. The van der Waals surface area contributed by atoms with Crippen molar-refractivity contribution >= 4 is 29.3 Å². The van der Waals surface area contributed by atoms with E-state index in [9.17, 15) is 9.59 Å². The second-order valence-electron chi connectivity index (χ2n) is 7.55. The van der Waals surface area contributed by atoms with Gasteiger partial charge in [-0.2, -0.15) is 5.26 Å². The average molecular weight is 464 g/mol. The Hall–Kier alpha value is -4.48. The zero-order valence-electron chi connectivity index (χ0n) is 17.8. The fourth-order valence-corrected chi connectivity index (χ4v) is 4.49. The minimum absolute atomic E-state index is 0.195. The summed E-state index contributed by atoms with van der Waals surface area (Å²) >= 11 is 1.49. The van der Waals surface area contributed by atoms with Crippen molar-refractivity contribution in [2.75, 3.05) is 5.32 Å². The van der Waals surface area contributed by atoms with E-state index in [1.165, 1.54) is 11.8 Å². The van der Waals surface area contributed by atoms with Crippen LogP contribution in [0.2, 0.25) is 0 Å². The maximum atomic E-state index is 12.7. The van der Waals surface area contributed by atoms with E-state index in [4.69, 9.17) is 5.26 Å². The van der Waals surface area contributed by atoms with E-state index < -0.39 is 0 Å². The Kier molecular flexibility index (Phi) is 5.77. The monoisotopic (exact) mass is 463 g/mol. The maximum absolute atomic E-state index is 12.7. The van der Waals surface area contributed by atoms with Gasteiger partial charge in [0.15, 0.2) is 5.82 Å². The number of carbonyl (C=O) groups is 2. The second-order valence-corrected chi connectivity index (χ2v) is 8.63. The van der Waals surface area contributed by atoms with E-state index in [1.54, 1.807) is 54.9 Å². The van der Waals surface area contributed by atoms with Crippen LogP contribution in [0.5, 0.6) is 0 Å². The average Bonchev–Trinajstić information content (AvgIpc) is 3.03. The summed E-state index contributed by atoms with van der Waals surface area (Å²) in [6, 6.07) is 21.8. The zero-order valence-corrected chi connectivity index (χ0v) is 18.6. The summed E-state index contributed by atoms with van der Waals surface area (Å²) in [6.45, 7) is 0.260. The van der Waals surface area contributed by atoms with E-state index >= 15 is 0 Å². The van der Waals surface area contributed by atoms with Crippen LogP contribution in [0, 0.1) is 11.3 Å². The molecule has 8 heteroatoms. The molecule has 2 heterocycles. The molecule has 4 aromatic rings. The van der Waals surface area contributed by atoms with Gasteiger partial charge in [0.1, 0.15) is 0 Å². The highest BCUT2D eigenvalue weighted by atomic mass is 32.2. The number of amides is 2. The van der Waals surface area contributed by atoms with Gasteiger partial charge in [-0.25, -0.2) is 9.97 Å². The van der Waals surface area contributed by atoms with Crippen molar-refractivity contribution in [3.05, 3.63) is 101 Å². The van der Waals surface area contributed by atoms with E-state index in [-0.39, 0.29) is 18.4 Å². The molecule has 0 atom stereocenters. The number of hydrogen-bond acceptors (Lipinski definition) is 6. The van der Waals surface area contributed by atoms with E-state index in [1.807, 2.05) is 24.3 Å². The number of rotatable bonds is 4. The highest BCUT2D eigenvalue weighted by Crippen LogP contribution is 2.39. The van der Waals surface area contributed by atoms with E-state index in [0.717, 1.165) is 20.9 Å². The molecule has 1 aliphatic rings. The van der Waals surface area contributed by atoms with Crippen molar-refractivity contribution in [1.29, 1.82) is 5.26 Å². The molecule has 0 radical (unpaired) electrons. The quantitative estimate of drug-likeness (QED) is 0.456. The normalized spacial score (nSPS) is 11.9. The Bertz CT molecular complexity index is 1440. The molecule has 7 nitrogen and oxygen atoms in total. The third kappa shape index (κ3) is 4.37. The predicted molar refractivity (Wildman–Crippen MR) is 128 cm³/mol. The lowest BCUT2D eigenvalue weighted by atomic mass is 10.1. The van der Waals surface area contributed by atoms with Crippen LogP contribution in [0.3, 0.4) is 0 Å². The topological polar surface area (TPSA) is 108 Å². The van der Waals surface area contributed by atoms with Gasteiger partial charge < -0.3 is 10.6 Å². The fraction of sp³-hybridized carbons (Fsp3) is 0.0385. The number of carbonyl (C=O) groups excluding carboxylic acids is 2. The number of hydrogen-bond donors (Lipinski definition) is 2. The van der Waals surface area contributed by atoms with Gasteiger partial charge in [-0.3, -0.25) is 9.59 Å². The van der Waals surface area contributed by atoms with Crippen molar-refractivity contribution in [1.82, 2.24) is 15.3 Å². The molecule has 0 bridgehead atoms. The van der Waals surface area contributed by atoms with Crippen LogP contribution < -0.4 is 10.6 Å². The van der Waals surface area contributed by atoms with Crippen LogP contribution in [-0.4, -0.2) is 21.8 Å². The molecule has 0 unspecified atom stereocenters. The first-order valence-corrected chi connectivity index (χ1v) is 11.2. The van der Waals surface area contributed by atoms with Gasteiger partial charge in [0.25, 0.3) is 11.8 Å². The summed E-state index contributed by atoms with van der Waals surface area (Å²) < 4.78 is 0. The molecule has 1 aliphatic heterocycles. The lowest BCUT2D eigenvalue weighted by Crippen LogP contribution is -2.23. The summed E-state index contributed by atoms with van der Waals surface area (Å²) in [6.07, 6.45) is 3.32. The molecule has 34 heavy (non-hydrogen) atoms. The SMILES string of the molecule is N#Cc1ccc(-c2ncc(CNC(=O)c3ccc4c(c3)NC(=O)c3ccccc3S4)cn2)cc1. The highest BCUT2D eigenvalue weighted by Gasteiger charge is 2.20. The van der Waals surface area contributed by atoms with Gasteiger partial charge in [-0.1, -0.05) is 23.9 Å². The number of nitrogens with zero attached hydrogens (tertiary/aromatic N) is 3. The maximum Gasteiger partial charge on any atom is 0.256 e. The zero-order chi connectivity index (χ0) is 23.5. The molecule has 0 fully saturated rings. The van der Waals surface area contributed by atoms with Gasteiger partial charge in [0, 0.05) is 45.4 Å². The Labute approximate surface area is 199 Å². The molecule has 0 aliphatic carbocycles. The number of fused-ring (bicyclic) bond motifs is 2. The lowest BCUT2D eigenvalue weighted by molar-refractivity contribution is 0.0949. The second kappa shape index (κ2) is 9.17. The first-order chi connectivity index (χ1) is 16.6. The summed E-state index contributed by atoms with van der Waals surface area (Å²) in [5.41, 5.74) is 3.79. The van der Waals surface area contributed by atoms with Crippen molar-refractivity contribution in [2.24, 2.45) is 0 Å². The van der Waals surface area contributed by atoms with Crippen molar-refractivity contribution in [3.63, 3.8) is 0 Å². The molecule has 0 saturated carbocycles. The largest absolute Gasteiger partial charge is 0.348 e. The molecule has 3 aromatic carbocycles. The van der Waals surface area contributed by atoms with Crippen molar-refractivity contribution < 1.29 is 9.59 Å². The first kappa shape index (κ1) is 21.4. The van der Waals surface area contributed by atoms with Gasteiger partial charge in [-0.15, -0.1) is 0 Å². The standard InChI is InChI=1S/C26H17N5O2S/c27-12-16-5-7-18(8-6-16)24-28-13-17(14-29-24)15-30-25(32)19-9-10-23-21(11-19)31-26(33)20-3-1-2-4-22(20)34-23/h1-11,13-14H,15H2,(H,30,32)(H,31,33). The van der Waals surface area contributed by atoms with Crippen LogP contribution in [-0.2, 0) is 6.54 Å². The van der Waals surface area contributed by atoms with Gasteiger partial charge >= 0.3 is 0 Å². The van der Waals surface area contributed by atoms with Crippen LogP contribution in [0.15, 0.2) is 88.9 Å². The summed E-state index contributed by atoms with van der Waals surface area (Å²) in [7, 11) is 0. The molecular weight excluding hydrogens is 446 g/mol. The molecule has 1 aromatic heterocycles. The molecule has 164 valence electrons. The fourth-order valence-electron chi connectivity index (χ4n) is 3.48. The Morgan fingerprint density at radius 1 is 1.00 bits per heavy atom. The number of anilines is 1. The van der Waals surface area contributed by atoms with Crippen LogP contribution in [0.4, 0.5) is 5.69 Å². The molecule has 2 N–H and O–H groups in total. The molecule has 0 saturated heterocycles. The third-order valence-electron chi connectivity index (χ3n) is 5.27. The summed E-state index contributed by atoms with van der Waals surface area (Å²) in [5.74, 6) is 0.0819. The molecule has 2 amide bonds. The Morgan fingerprint density at radius 3 is 2.53 bits per heavy atom. The number of benzene rings is 3. The van der Waals surface area contributed by atoms with Crippen molar-refractivity contribution in [3.8, 4) is 17.5 Å². The van der Waals surface area contributed by atoms with Crippen LogP contribution in [0.25, 0.3) is 11.4 Å². The van der Waals surface area contributed by atoms with E-state index in [0.29, 0.717) is 28.2 Å². The Balaban J connectivity index is 1.26. The van der Waals surface area contributed by atoms with Gasteiger partial charge in [0.05, 0.1) is 22.9 Å². The molecule has 5 rings (SSSR count). The summed E-state index contributed by atoms with van der Waals surface area (Å²) in [4.78, 5) is 35.8. The summed E-state index contributed by atoms with van der Waals surface area (Å²) in [5, 5.41) is 14.7. The van der Waals surface area contributed by atoms with Crippen LogP contribution in [0.1, 0.15) is 31.8 Å². The lowest BCUT2D eigenvalue weighted by Gasteiger charge is -2.10. The minimum atomic E-state index is -0.264. The number of aromatic nitrogens is 2. The highest BCUT2D eigenvalue weighted by molar-refractivity contribution is 7.99. The smallest absolute Gasteiger partial charge is 0.256 e. The van der Waals surface area contributed by atoms with Gasteiger partial charge in [0.2, 0.25) is 0 Å². The third-order valence-corrected chi connectivity index (χ3v) is 6.42. The molecule has 0 spiro atoms. The number of nitrogens with one attached hydrogen (secondary N) is 2. The first-order valence-electron chi connectivity index (χ1n) is 10.4. The number of nitriles is 1. The van der Waals surface area contributed by atoms with Gasteiger partial charge in [-0.05, 0) is 54.6 Å².